The van der Waals surface area contributed by atoms with Crippen molar-refractivity contribution in [3.05, 3.63) is 32.7 Å². The molecule has 0 spiro atoms. The number of hydrogen-bond donors (Lipinski definition) is 0. The van der Waals surface area contributed by atoms with E-state index < -0.39 is 0 Å². The molecule has 1 aromatic rings. The molecule has 0 N–H and O–H groups in total. The zero-order valence-corrected chi connectivity index (χ0v) is 8.01. The van der Waals surface area contributed by atoms with Crippen LogP contribution in [0.15, 0.2) is 16.6 Å². The van der Waals surface area contributed by atoms with E-state index in [1.807, 2.05) is 26.0 Å². The van der Waals surface area contributed by atoms with Crippen LogP contribution in [0.25, 0.3) is 4.98 Å². The molecule has 0 saturated carbocycles. The van der Waals surface area contributed by atoms with Crippen molar-refractivity contribution in [1.29, 1.82) is 5.39 Å². The SMILES string of the molecule is Cc1cc(Br)cc(C)c1[N+]#N. The Kier molecular flexibility index (Phi) is 2.25. The van der Waals surface area contributed by atoms with Gasteiger partial charge in [0.25, 0.3) is 0 Å². The molecule has 1 aromatic carbocycles. The van der Waals surface area contributed by atoms with Crippen molar-refractivity contribution in [2.45, 2.75) is 13.8 Å². The Hall–Kier alpha value is -0.880. The van der Waals surface area contributed by atoms with Crippen molar-refractivity contribution < 1.29 is 0 Å². The largest absolute Gasteiger partial charge is 0.390 e. The third kappa shape index (κ3) is 1.58. The fourth-order valence-corrected chi connectivity index (χ4v) is 1.75. The molecule has 0 heterocycles. The number of nitrogens with zero attached hydrogens (tertiary/aromatic N) is 2. The molecule has 2 nitrogen and oxygen atoms in total. The zero-order valence-electron chi connectivity index (χ0n) is 6.43. The first-order chi connectivity index (χ1) is 5.15. The molecule has 1 rings (SSSR count). The van der Waals surface area contributed by atoms with Gasteiger partial charge in [0, 0.05) is 15.6 Å². The van der Waals surface area contributed by atoms with Gasteiger partial charge >= 0.3 is 5.69 Å². The Bertz CT molecular complexity index is 302. The van der Waals surface area contributed by atoms with Gasteiger partial charge in [0.1, 0.15) is 0 Å². The highest BCUT2D eigenvalue weighted by atomic mass is 79.9. The molecule has 0 aliphatic heterocycles. The van der Waals surface area contributed by atoms with Gasteiger partial charge in [-0.1, -0.05) is 15.9 Å². The molecule has 0 aromatic heterocycles. The van der Waals surface area contributed by atoms with E-state index in [2.05, 4.69) is 20.9 Å². The molecule has 0 atom stereocenters. The monoisotopic (exact) mass is 211 g/mol. The van der Waals surface area contributed by atoms with Crippen LogP contribution in [0.5, 0.6) is 0 Å². The molecule has 0 saturated heterocycles. The molecule has 0 radical (unpaired) electrons. The first-order valence-electron chi connectivity index (χ1n) is 3.27. The maximum absolute atomic E-state index is 8.60. The number of rotatable bonds is 0. The van der Waals surface area contributed by atoms with E-state index in [1.54, 1.807) is 0 Å². The van der Waals surface area contributed by atoms with Crippen molar-refractivity contribution in [1.82, 2.24) is 0 Å². The maximum atomic E-state index is 8.60. The molecule has 0 amide bonds. The Balaban J connectivity index is 3.40. The number of benzene rings is 1. The van der Waals surface area contributed by atoms with Crippen LogP contribution >= 0.6 is 15.9 Å². The van der Waals surface area contributed by atoms with Crippen molar-refractivity contribution in [3.8, 4) is 0 Å². The van der Waals surface area contributed by atoms with Crippen LogP contribution in [0.4, 0.5) is 5.69 Å². The van der Waals surface area contributed by atoms with Gasteiger partial charge in [0.15, 0.2) is 4.98 Å². The number of diazo groups is 1. The third-order valence-corrected chi connectivity index (χ3v) is 2.01. The van der Waals surface area contributed by atoms with Crippen LogP contribution < -0.4 is 0 Å². The smallest absolute Gasteiger partial charge is 0.0508 e. The molecule has 0 bridgehead atoms. The van der Waals surface area contributed by atoms with Gasteiger partial charge in [-0.25, -0.2) is 0 Å². The quantitative estimate of drug-likeness (QED) is 0.604. The number of halogens is 1. The summed E-state index contributed by atoms with van der Waals surface area (Å²) in [5.41, 5.74) is 2.60. The van der Waals surface area contributed by atoms with E-state index >= 15 is 0 Å². The highest BCUT2D eigenvalue weighted by Crippen LogP contribution is 2.27. The van der Waals surface area contributed by atoms with Gasteiger partial charge in [-0.15, -0.1) is 0 Å². The van der Waals surface area contributed by atoms with Gasteiger partial charge in [-0.3, -0.25) is 0 Å². The van der Waals surface area contributed by atoms with Crippen LogP contribution in [0.3, 0.4) is 0 Å². The van der Waals surface area contributed by atoms with E-state index in [0.717, 1.165) is 15.6 Å². The molecule has 0 fully saturated rings. The fraction of sp³-hybridized carbons (Fsp3) is 0.250. The lowest BCUT2D eigenvalue weighted by molar-refractivity contribution is 1.35. The summed E-state index contributed by atoms with van der Waals surface area (Å²) in [6, 6.07) is 3.84. The Morgan fingerprint density at radius 2 is 1.73 bits per heavy atom. The highest BCUT2D eigenvalue weighted by molar-refractivity contribution is 9.10. The first kappa shape index (κ1) is 8.22. The molecule has 0 aliphatic carbocycles. The lowest BCUT2D eigenvalue weighted by Crippen LogP contribution is -1.78. The van der Waals surface area contributed by atoms with E-state index in [9.17, 15) is 0 Å². The summed E-state index contributed by atoms with van der Waals surface area (Å²) in [6.45, 7) is 3.82. The average Bonchev–Trinajstić information content (AvgIpc) is 1.85. The summed E-state index contributed by atoms with van der Waals surface area (Å²) in [7, 11) is 0. The lowest BCUT2D eigenvalue weighted by atomic mass is 10.1. The standard InChI is InChI=1S/C8H8BrN2/c1-5-3-7(9)4-6(2)8(5)11-10/h3-4H,1-2H3/q+1. The van der Waals surface area contributed by atoms with Crippen molar-refractivity contribution in [3.63, 3.8) is 0 Å². The van der Waals surface area contributed by atoms with Gasteiger partial charge in [0.2, 0.25) is 5.39 Å². The topological polar surface area (TPSA) is 28.1 Å². The second kappa shape index (κ2) is 3.02. The van der Waals surface area contributed by atoms with E-state index in [4.69, 9.17) is 5.39 Å². The molecule has 11 heavy (non-hydrogen) atoms. The van der Waals surface area contributed by atoms with Crippen LogP contribution in [-0.4, -0.2) is 0 Å². The molecule has 56 valence electrons. The molecule has 3 heteroatoms. The van der Waals surface area contributed by atoms with E-state index in [1.165, 1.54) is 0 Å². The average molecular weight is 212 g/mol. The Labute approximate surface area is 74.0 Å². The summed E-state index contributed by atoms with van der Waals surface area (Å²) in [5.74, 6) is 0. The lowest BCUT2D eigenvalue weighted by Gasteiger charge is -1.93. The second-order valence-electron chi connectivity index (χ2n) is 2.49. The Morgan fingerprint density at radius 3 is 2.09 bits per heavy atom. The van der Waals surface area contributed by atoms with Gasteiger partial charge < -0.3 is 0 Å². The minimum absolute atomic E-state index is 0.660. The molecular formula is C8H8BrN2+. The van der Waals surface area contributed by atoms with E-state index in [-0.39, 0.29) is 0 Å². The van der Waals surface area contributed by atoms with E-state index in [0.29, 0.717) is 5.69 Å². The third-order valence-electron chi connectivity index (χ3n) is 1.56. The minimum Gasteiger partial charge on any atom is -0.0508 e. The minimum atomic E-state index is 0.660. The maximum Gasteiger partial charge on any atom is 0.390 e. The summed E-state index contributed by atoms with van der Waals surface area (Å²) < 4.78 is 1.01. The van der Waals surface area contributed by atoms with Crippen molar-refractivity contribution in [2.24, 2.45) is 0 Å². The van der Waals surface area contributed by atoms with Crippen LogP contribution in [0, 0.1) is 19.2 Å². The summed E-state index contributed by atoms with van der Waals surface area (Å²) in [4.78, 5) is 3.19. The summed E-state index contributed by atoms with van der Waals surface area (Å²) in [5, 5.41) is 8.60. The molecular weight excluding hydrogens is 204 g/mol. The van der Waals surface area contributed by atoms with Crippen LogP contribution in [0.1, 0.15) is 11.1 Å². The fourth-order valence-electron chi connectivity index (χ4n) is 1.06. The van der Waals surface area contributed by atoms with Gasteiger partial charge in [-0.2, -0.15) is 0 Å². The second-order valence-corrected chi connectivity index (χ2v) is 3.40. The number of hydrogen-bond acceptors (Lipinski definition) is 1. The summed E-state index contributed by atoms with van der Waals surface area (Å²) >= 11 is 3.35. The van der Waals surface area contributed by atoms with Gasteiger partial charge in [-0.05, 0) is 26.0 Å². The predicted molar refractivity (Wildman–Crippen MR) is 48.4 cm³/mol. The zero-order chi connectivity index (χ0) is 8.43. The first-order valence-corrected chi connectivity index (χ1v) is 4.06. The van der Waals surface area contributed by atoms with Crippen LogP contribution in [0.2, 0.25) is 0 Å². The van der Waals surface area contributed by atoms with Crippen molar-refractivity contribution >= 4 is 21.6 Å². The molecule has 0 aliphatic rings. The normalized spacial score (nSPS) is 9.27. The molecule has 0 unspecified atom stereocenters. The summed E-state index contributed by atoms with van der Waals surface area (Å²) in [6.07, 6.45) is 0. The highest BCUT2D eigenvalue weighted by Gasteiger charge is 2.14. The predicted octanol–water partition coefficient (Wildman–Crippen LogP) is 3.55. The van der Waals surface area contributed by atoms with Crippen LogP contribution in [-0.2, 0) is 0 Å². The number of aryl methyl sites for hydroxylation is 2. The van der Waals surface area contributed by atoms with Gasteiger partial charge in [0.05, 0.1) is 0 Å². The van der Waals surface area contributed by atoms with Crippen molar-refractivity contribution in [2.75, 3.05) is 0 Å². The Morgan fingerprint density at radius 1 is 1.27 bits per heavy atom.